The molecule has 0 unspecified atom stereocenters. The minimum atomic E-state index is -0.0163. The first-order valence-electron chi connectivity index (χ1n) is 6.05. The van der Waals surface area contributed by atoms with Crippen LogP contribution < -0.4 is 4.74 Å². The molecule has 0 spiro atoms. The van der Waals surface area contributed by atoms with Crippen LogP contribution in [-0.4, -0.2) is 22.2 Å². The molecule has 0 radical (unpaired) electrons. The van der Waals surface area contributed by atoms with E-state index >= 15 is 0 Å². The van der Waals surface area contributed by atoms with E-state index in [0.29, 0.717) is 24.4 Å². The molecule has 2 aromatic rings. The number of benzene rings is 1. The Morgan fingerprint density at radius 1 is 1.22 bits per heavy atom. The van der Waals surface area contributed by atoms with Crippen molar-refractivity contribution in [3.63, 3.8) is 0 Å². The maximum atomic E-state index is 12.3. The third-order valence-corrected chi connectivity index (χ3v) is 2.68. The average Bonchev–Trinajstić information content (AvgIpc) is 2.87. The monoisotopic (exact) mass is 244 g/mol. The molecule has 94 valence electrons. The minimum Gasteiger partial charge on any atom is -0.494 e. The van der Waals surface area contributed by atoms with Crippen molar-refractivity contribution in [1.29, 1.82) is 0 Å². The molecule has 0 aliphatic carbocycles. The van der Waals surface area contributed by atoms with Crippen LogP contribution in [0, 0.1) is 0 Å². The number of ether oxygens (including phenoxy) is 1. The maximum Gasteiger partial charge on any atom is 0.211 e. The molecule has 1 aromatic heterocycles. The molecule has 1 aromatic carbocycles. The molecule has 0 saturated carbocycles. The van der Waals surface area contributed by atoms with E-state index in [2.05, 4.69) is 5.10 Å². The summed E-state index contributed by atoms with van der Waals surface area (Å²) in [5.41, 5.74) is 1.26. The van der Waals surface area contributed by atoms with Gasteiger partial charge in [-0.1, -0.05) is 0 Å². The molecule has 0 N–H and O–H groups in total. The zero-order chi connectivity index (χ0) is 13.0. The number of nitrogens with zero attached hydrogens (tertiary/aromatic N) is 2. The first kappa shape index (κ1) is 12.4. The molecule has 18 heavy (non-hydrogen) atoms. The molecular formula is C14H16N2O2. The minimum absolute atomic E-state index is 0.0163. The average molecular weight is 244 g/mol. The van der Waals surface area contributed by atoms with Gasteiger partial charge in [0.15, 0.2) is 0 Å². The lowest BCUT2D eigenvalue weighted by Crippen LogP contribution is -2.10. The van der Waals surface area contributed by atoms with Gasteiger partial charge in [0, 0.05) is 18.3 Å². The number of aromatic nitrogens is 2. The number of ketones is 1. The van der Waals surface area contributed by atoms with Crippen LogP contribution in [0.15, 0.2) is 36.5 Å². The summed E-state index contributed by atoms with van der Waals surface area (Å²) in [6.07, 6.45) is 1.64. The van der Waals surface area contributed by atoms with Crippen molar-refractivity contribution in [1.82, 2.24) is 9.78 Å². The quantitative estimate of drug-likeness (QED) is 0.759. The van der Waals surface area contributed by atoms with Crippen LogP contribution in [0.1, 0.15) is 29.9 Å². The van der Waals surface area contributed by atoms with E-state index in [9.17, 15) is 4.79 Å². The number of hydrogen-bond donors (Lipinski definition) is 0. The molecule has 0 fully saturated rings. The highest BCUT2D eigenvalue weighted by molar-refractivity contribution is 6.07. The highest BCUT2D eigenvalue weighted by Crippen LogP contribution is 2.15. The van der Waals surface area contributed by atoms with Crippen molar-refractivity contribution in [3.05, 3.63) is 47.8 Å². The van der Waals surface area contributed by atoms with Gasteiger partial charge in [-0.25, -0.2) is 0 Å². The Kier molecular flexibility index (Phi) is 3.77. The van der Waals surface area contributed by atoms with Gasteiger partial charge >= 0.3 is 0 Å². The third kappa shape index (κ3) is 2.42. The van der Waals surface area contributed by atoms with Gasteiger partial charge in [-0.05, 0) is 44.2 Å². The number of aryl methyl sites for hydroxylation is 1. The first-order chi connectivity index (χ1) is 8.76. The van der Waals surface area contributed by atoms with Gasteiger partial charge in [0.05, 0.1) is 6.61 Å². The summed E-state index contributed by atoms with van der Waals surface area (Å²) >= 11 is 0. The Morgan fingerprint density at radius 3 is 2.56 bits per heavy atom. The predicted molar refractivity (Wildman–Crippen MR) is 68.9 cm³/mol. The molecule has 2 rings (SSSR count). The molecule has 0 amide bonds. The summed E-state index contributed by atoms with van der Waals surface area (Å²) in [6.45, 7) is 5.20. The second-order valence-electron chi connectivity index (χ2n) is 3.82. The molecule has 1 heterocycles. The molecule has 4 nitrogen and oxygen atoms in total. The zero-order valence-electron chi connectivity index (χ0n) is 10.6. The van der Waals surface area contributed by atoms with Crippen molar-refractivity contribution >= 4 is 5.78 Å². The Bertz CT molecular complexity index is 529. The molecule has 4 heteroatoms. The fourth-order valence-corrected chi connectivity index (χ4v) is 1.79. The Morgan fingerprint density at radius 2 is 1.94 bits per heavy atom. The summed E-state index contributed by atoms with van der Waals surface area (Å²) < 4.78 is 7.04. The SMILES string of the molecule is CCOc1ccc(C(=O)c2ccnn2CC)cc1. The molecule has 0 aliphatic rings. The zero-order valence-corrected chi connectivity index (χ0v) is 10.6. The van der Waals surface area contributed by atoms with Crippen LogP contribution in [0.4, 0.5) is 0 Å². The lowest BCUT2D eigenvalue weighted by atomic mass is 10.1. The van der Waals surface area contributed by atoms with Crippen LogP contribution in [0.25, 0.3) is 0 Å². The number of carbonyl (C=O) groups excluding carboxylic acids is 1. The number of rotatable bonds is 5. The standard InChI is InChI=1S/C14H16N2O2/c1-3-16-13(9-10-15-16)14(17)11-5-7-12(8-6-11)18-4-2/h5-10H,3-4H2,1-2H3. The van der Waals surface area contributed by atoms with E-state index in [0.717, 1.165) is 5.75 Å². The van der Waals surface area contributed by atoms with Crippen molar-refractivity contribution < 1.29 is 9.53 Å². The molecule has 0 aliphatic heterocycles. The largest absolute Gasteiger partial charge is 0.494 e. The van der Waals surface area contributed by atoms with Crippen molar-refractivity contribution in [3.8, 4) is 5.75 Å². The van der Waals surface area contributed by atoms with Gasteiger partial charge in [0.25, 0.3) is 0 Å². The lowest BCUT2D eigenvalue weighted by molar-refractivity contribution is 0.102. The van der Waals surface area contributed by atoms with Crippen LogP contribution in [0.3, 0.4) is 0 Å². The smallest absolute Gasteiger partial charge is 0.211 e. The van der Waals surface area contributed by atoms with E-state index in [1.165, 1.54) is 0 Å². The van der Waals surface area contributed by atoms with Crippen LogP contribution in [0.2, 0.25) is 0 Å². The Balaban J connectivity index is 2.23. The highest BCUT2D eigenvalue weighted by atomic mass is 16.5. The fraction of sp³-hybridized carbons (Fsp3) is 0.286. The fourth-order valence-electron chi connectivity index (χ4n) is 1.79. The van der Waals surface area contributed by atoms with Crippen LogP contribution in [0.5, 0.6) is 5.75 Å². The second kappa shape index (κ2) is 5.49. The lowest BCUT2D eigenvalue weighted by Gasteiger charge is -2.06. The normalized spacial score (nSPS) is 10.3. The molecule has 0 atom stereocenters. The Hall–Kier alpha value is -2.10. The van der Waals surface area contributed by atoms with E-state index in [4.69, 9.17) is 4.74 Å². The number of carbonyl (C=O) groups is 1. The van der Waals surface area contributed by atoms with E-state index in [1.807, 2.05) is 26.0 Å². The molecule has 0 saturated heterocycles. The summed E-state index contributed by atoms with van der Waals surface area (Å²) in [6, 6.07) is 8.91. The second-order valence-corrected chi connectivity index (χ2v) is 3.82. The third-order valence-electron chi connectivity index (χ3n) is 2.68. The molecular weight excluding hydrogens is 228 g/mol. The number of hydrogen-bond acceptors (Lipinski definition) is 3. The maximum absolute atomic E-state index is 12.3. The van der Waals surface area contributed by atoms with Crippen LogP contribution in [-0.2, 0) is 6.54 Å². The Labute approximate surface area is 106 Å². The van der Waals surface area contributed by atoms with E-state index < -0.39 is 0 Å². The first-order valence-corrected chi connectivity index (χ1v) is 6.05. The summed E-state index contributed by atoms with van der Waals surface area (Å²) in [4.78, 5) is 12.3. The van der Waals surface area contributed by atoms with Crippen molar-refractivity contribution in [2.75, 3.05) is 6.61 Å². The van der Waals surface area contributed by atoms with Gasteiger partial charge in [0.1, 0.15) is 11.4 Å². The van der Waals surface area contributed by atoms with Gasteiger partial charge in [-0.2, -0.15) is 5.10 Å². The summed E-state index contributed by atoms with van der Waals surface area (Å²) in [5.74, 6) is 0.760. The highest BCUT2D eigenvalue weighted by Gasteiger charge is 2.13. The van der Waals surface area contributed by atoms with Crippen molar-refractivity contribution in [2.45, 2.75) is 20.4 Å². The predicted octanol–water partition coefficient (Wildman–Crippen LogP) is 2.53. The van der Waals surface area contributed by atoms with Crippen LogP contribution >= 0.6 is 0 Å². The summed E-state index contributed by atoms with van der Waals surface area (Å²) in [7, 11) is 0. The van der Waals surface area contributed by atoms with Gasteiger partial charge in [-0.15, -0.1) is 0 Å². The topological polar surface area (TPSA) is 44.1 Å². The van der Waals surface area contributed by atoms with Crippen molar-refractivity contribution in [2.24, 2.45) is 0 Å². The van der Waals surface area contributed by atoms with Gasteiger partial charge in [-0.3, -0.25) is 9.48 Å². The molecule has 0 bridgehead atoms. The van der Waals surface area contributed by atoms with Gasteiger partial charge < -0.3 is 4.74 Å². The van der Waals surface area contributed by atoms with E-state index in [-0.39, 0.29) is 5.78 Å². The van der Waals surface area contributed by atoms with E-state index in [1.54, 1.807) is 29.1 Å². The van der Waals surface area contributed by atoms with Gasteiger partial charge in [0.2, 0.25) is 5.78 Å². The summed E-state index contributed by atoms with van der Waals surface area (Å²) in [5, 5.41) is 4.10.